The van der Waals surface area contributed by atoms with Crippen LogP contribution < -0.4 is 15.0 Å². The van der Waals surface area contributed by atoms with Crippen LogP contribution >= 0.6 is 35.4 Å². The topological polar surface area (TPSA) is 59.8 Å². The van der Waals surface area contributed by atoms with Crippen LogP contribution in [0.4, 0.5) is 5.69 Å². The fraction of sp³-hybridized carbons (Fsp3) is 0.214. The standard InChI is InChI=1S/C28H25Cl2N3O3S/c1-17-6-7-18(15-20(17)29)23-10-11-25(36-23)27-26(22-5-3-4-12-31-22)32-28(37)33(27)19-8-9-24(21(30)16-19)35-14-13-34-2/h3-12,15-16,26-27H,13-14H2,1-2H3,(H,32,37)/t26-,27+/m0/s1. The highest BCUT2D eigenvalue weighted by Gasteiger charge is 2.42. The second-order valence-electron chi connectivity index (χ2n) is 8.62. The van der Waals surface area contributed by atoms with Crippen LogP contribution in [0.3, 0.4) is 0 Å². The van der Waals surface area contributed by atoms with Gasteiger partial charge in [0.05, 0.1) is 23.4 Å². The van der Waals surface area contributed by atoms with Gasteiger partial charge in [0.15, 0.2) is 5.11 Å². The maximum absolute atomic E-state index is 6.59. The summed E-state index contributed by atoms with van der Waals surface area (Å²) in [7, 11) is 1.63. The van der Waals surface area contributed by atoms with Crippen molar-refractivity contribution in [3.8, 4) is 17.1 Å². The molecule has 5 rings (SSSR count). The number of rotatable bonds is 8. The van der Waals surface area contributed by atoms with E-state index in [-0.39, 0.29) is 12.1 Å². The van der Waals surface area contributed by atoms with Crippen molar-refractivity contribution >= 4 is 46.2 Å². The van der Waals surface area contributed by atoms with E-state index in [2.05, 4.69) is 10.3 Å². The molecule has 0 saturated carbocycles. The molecule has 2 atom stereocenters. The van der Waals surface area contributed by atoms with Crippen molar-refractivity contribution in [2.75, 3.05) is 25.2 Å². The summed E-state index contributed by atoms with van der Waals surface area (Å²) in [6, 6.07) is 20.7. The molecule has 37 heavy (non-hydrogen) atoms. The van der Waals surface area contributed by atoms with Crippen LogP contribution in [-0.2, 0) is 4.74 Å². The van der Waals surface area contributed by atoms with Gasteiger partial charge in [-0.3, -0.25) is 4.98 Å². The van der Waals surface area contributed by atoms with E-state index < -0.39 is 0 Å². The van der Waals surface area contributed by atoms with Gasteiger partial charge in [-0.2, -0.15) is 0 Å². The molecular formula is C28H25Cl2N3O3S. The summed E-state index contributed by atoms with van der Waals surface area (Å²) in [5.41, 5.74) is 3.56. The van der Waals surface area contributed by atoms with Crippen molar-refractivity contribution in [1.82, 2.24) is 10.3 Å². The molecule has 3 heterocycles. The van der Waals surface area contributed by atoms with Crippen LogP contribution in [0.1, 0.15) is 29.1 Å². The van der Waals surface area contributed by atoms with Crippen molar-refractivity contribution in [1.29, 1.82) is 0 Å². The molecule has 4 aromatic rings. The zero-order valence-electron chi connectivity index (χ0n) is 20.3. The Kier molecular flexibility index (Phi) is 7.67. The Labute approximate surface area is 231 Å². The minimum Gasteiger partial charge on any atom is -0.490 e. The molecule has 1 aliphatic rings. The van der Waals surface area contributed by atoms with E-state index in [0.717, 1.165) is 34.0 Å². The second kappa shape index (κ2) is 11.1. The smallest absolute Gasteiger partial charge is 0.174 e. The lowest BCUT2D eigenvalue weighted by atomic mass is 10.0. The van der Waals surface area contributed by atoms with E-state index in [1.54, 1.807) is 13.3 Å². The van der Waals surface area contributed by atoms with E-state index in [1.807, 2.05) is 78.6 Å². The summed E-state index contributed by atoms with van der Waals surface area (Å²) in [6.07, 6.45) is 1.77. The number of pyridine rings is 1. The number of nitrogens with zero attached hydrogens (tertiary/aromatic N) is 2. The summed E-state index contributed by atoms with van der Waals surface area (Å²) in [5, 5.41) is 5.14. The Morgan fingerprint density at radius 1 is 1.03 bits per heavy atom. The maximum Gasteiger partial charge on any atom is 0.174 e. The summed E-state index contributed by atoms with van der Waals surface area (Å²) in [5.74, 6) is 2.02. The molecule has 1 saturated heterocycles. The van der Waals surface area contributed by atoms with Gasteiger partial charge in [-0.15, -0.1) is 0 Å². The van der Waals surface area contributed by atoms with E-state index >= 15 is 0 Å². The SMILES string of the molecule is COCCOc1ccc(N2C(=S)N[C@@H](c3ccccn3)[C@H]2c2ccc(-c3ccc(C)c(Cl)c3)o2)cc1Cl. The highest BCUT2D eigenvalue weighted by Crippen LogP contribution is 2.44. The number of hydrogen-bond donors (Lipinski definition) is 1. The fourth-order valence-electron chi connectivity index (χ4n) is 4.33. The monoisotopic (exact) mass is 553 g/mol. The third-order valence-corrected chi connectivity index (χ3v) is 7.23. The molecule has 0 aliphatic carbocycles. The van der Waals surface area contributed by atoms with Gasteiger partial charge in [-0.25, -0.2) is 0 Å². The van der Waals surface area contributed by atoms with Crippen molar-refractivity contribution in [3.05, 3.63) is 100.0 Å². The quantitative estimate of drug-likeness (QED) is 0.183. The molecular weight excluding hydrogens is 529 g/mol. The first-order valence-corrected chi connectivity index (χ1v) is 12.9. The maximum atomic E-state index is 6.59. The largest absolute Gasteiger partial charge is 0.490 e. The number of halogens is 2. The predicted octanol–water partition coefficient (Wildman–Crippen LogP) is 7.16. The number of aromatic nitrogens is 1. The first-order chi connectivity index (χ1) is 18.0. The number of benzene rings is 2. The number of anilines is 1. The molecule has 0 spiro atoms. The lowest BCUT2D eigenvalue weighted by molar-refractivity contribution is 0.146. The number of hydrogen-bond acceptors (Lipinski definition) is 5. The van der Waals surface area contributed by atoms with Crippen molar-refractivity contribution in [2.24, 2.45) is 0 Å². The molecule has 1 fully saturated rings. The summed E-state index contributed by atoms with van der Waals surface area (Å²) in [4.78, 5) is 6.60. The van der Waals surface area contributed by atoms with Gasteiger partial charge in [-0.05, 0) is 73.2 Å². The van der Waals surface area contributed by atoms with Crippen LogP contribution in [0, 0.1) is 6.92 Å². The lowest BCUT2D eigenvalue weighted by Gasteiger charge is -2.26. The predicted molar refractivity (Wildman–Crippen MR) is 151 cm³/mol. The average molecular weight is 554 g/mol. The van der Waals surface area contributed by atoms with E-state index in [4.69, 9.17) is 49.3 Å². The Morgan fingerprint density at radius 2 is 1.89 bits per heavy atom. The number of thiocarbonyl (C=S) groups is 1. The van der Waals surface area contributed by atoms with Gasteiger partial charge < -0.3 is 24.1 Å². The van der Waals surface area contributed by atoms with E-state index in [9.17, 15) is 0 Å². The molecule has 0 amide bonds. The van der Waals surface area contributed by atoms with Gasteiger partial charge in [0.2, 0.25) is 0 Å². The minimum absolute atomic E-state index is 0.245. The number of nitrogens with one attached hydrogen (secondary N) is 1. The van der Waals surface area contributed by atoms with Crippen LogP contribution in [-0.4, -0.2) is 30.4 Å². The Bertz CT molecular complexity index is 1410. The number of furan rings is 1. The molecule has 0 unspecified atom stereocenters. The van der Waals surface area contributed by atoms with Gasteiger partial charge in [0.25, 0.3) is 0 Å². The zero-order chi connectivity index (χ0) is 25.9. The van der Waals surface area contributed by atoms with Crippen LogP contribution in [0.5, 0.6) is 5.75 Å². The number of aryl methyl sites for hydroxylation is 1. The molecule has 0 bridgehead atoms. The van der Waals surface area contributed by atoms with E-state index in [0.29, 0.717) is 34.1 Å². The molecule has 1 aliphatic heterocycles. The highest BCUT2D eigenvalue weighted by atomic mass is 35.5. The number of ether oxygens (including phenoxy) is 2. The minimum atomic E-state index is -0.312. The molecule has 2 aromatic carbocycles. The van der Waals surface area contributed by atoms with Gasteiger partial charge in [0, 0.05) is 29.6 Å². The first-order valence-electron chi connectivity index (χ1n) is 11.7. The van der Waals surface area contributed by atoms with Crippen molar-refractivity contribution in [3.63, 3.8) is 0 Å². The molecule has 6 nitrogen and oxygen atoms in total. The fourth-order valence-corrected chi connectivity index (χ4v) is 5.08. The molecule has 1 N–H and O–H groups in total. The summed E-state index contributed by atoms with van der Waals surface area (Å²) in [6.45, 7) is 2.85. The van der Waals surface area contributed by atoms with Gasteiger partial charge in [-0.1, -0.05) is 41.4 Å². The van der Waals surface area contributed by atoms with E-state index in [1.165, 1.54) is 0 Å². The normalized spacial score (nSPS) is 17.2. The molecule has 190 valence electrons. The van der Waals surface area contributed by atoms with Crippen LogP contribution in [0.2, 0.25) is 10.0 Å². The molecule has 2 aromatic heterocycles. The van der Waals surface area contributed by atoms with Crippen LogP contribution in [0.25, 0.3) is 11.3 Å². The average Bonchev–Trinajstić information content (AvgIpc) is 3.52. The third kappa shape index (κ3) is 5.31. The van der Waals surface area contributed by atoms with Gasteiger partial charge in [0.1, 0.15) is 29.9 Å². The Morgan fingerprint density at radius 3 is 2.62 bits per heavy atom. The van der Waals surface area contributed by atoms with Crippen molar-refractivity contribution < 1.29 is 13.9 Å². The first kappa shape index (κ1) is 25.5. The molecule has 0 radical (unpaired) electrons. The lowest BCUT2D eigenvalue weighted by Crippen LogP contribution is -2.29. The third-order valence-electron chi connectivity index (χ3n) is 6.21. The highest BCUT2D eigenvalue weighted by molar-refractivity contribution is 7.80. The zero-order valence-corrected chi connectivity index (χ0v) is 22.6. The van der Waals surface area contributed by atoms with Crippen LogP contribution in [0.15, 0.2) is 77.3 Å². The Balaban J connectivity index is 1.53. The summed E-state index contributed by atoms with van der Waals surface area (Å²) < 4.78 is 17.2. The van der Waals surface area contributed by atoms with Crippen molar-refractivity contribution in [2.45, 2.75) is 19.0 Å². The summed E-state index contributed by atoms with van der Waals surface area (Å²) >= 11 is 18.8. The number of methoxy groups -OCH3 is 1. The van der Waals surface area contributed by atoms with Gasteiger partial charge >= 0.3 is 0 Å². The Hall–Kier alpha value is -3.10. The molecule has 9 heteroatoms. The second-order valence-corrected chi connectivity index (χ2v) is 9.82.